The van der Waals surface area contributed by atoms with E-state index in [0.29, 0.717) is 17.3 Å². The Morgan fingerprint density at radius 2 is 1.59 bits per heavy atom. The first-order valence-electron chi connectivity index (χ1n) is 8.67. The molecule has 6 heteroatoms. The van der Waals surface area contributed by atoms with Gasteiger partial charge in [-0.3, -0.25) is 4.98 Å². The first-order chi connectivity index (χ1) is 13.1. The third kappa shape index (κ3) is 3.37. The van der Waals surface area contributed by atoms with Crippen LogP contribution in [0.25, 0.3) is 10.9 Å². The molecule has 0 aliphatic carbocycles. The largest absolute Gasteiger partial charge is 0.393 e. The summed E-state index contributed by atoms with van der Waals surface area (Å²) < 4.78 is 0. The summed E-state index contributed by atoms with van der Waals surface area (Å²) in [5.74, 6) is 1.12. The summed E-state index contributed by atoms with van der Waals surface area (Å²) >= 11 is 0. The molecule has 0 saturated carbocycles. The van der Waals surface area contributed by atoms with E-state index >= 15 is 0 Å². The van der Waals surface area contributed by atoms with E-state index in [-0.39, 0.29) is 0 Å². The number of pyridine rings is 1. The molecule has 0 aliphatic rings. The number of rotatable bonds is 4. The molecule has 2 heterocycles. The van der Waals surface area contributed by atoms with Crippen LogP contribution in [0.4, 0.5) is 28.7 Å². The second kappa shape index (κ2) is 6.92. The molecule has 2 aromatic heterocycles. The predicted octanol–water partition coefficient (Wildman–Crippen LogP) is 4.71. The number of nitrogens with zero attached hydrogens (tertiary/aromatic N) is 3. The number of aryl methyl sites for hydroxylation is 2. The Bertz CT molecular complexity index is 1120. The number of benzene rings is 2. The number of nitrogens with one attached hydrogen (secondary N) is 2. The molecular weight excluding hydrogens is 336 g/mol. The maximum atomic E-state index is 6.34. The second-order valence-electron chi connectivity index (χ2n) is 6.43. The Hall–Kier alpha value is -3.67. The van der Waals surface area contributed by atoms with Gasteiger partial charge >= 0.3 is 0 Å². The van der Waals surface area contributed by atoms with Crippen LogP contribution in [0.15, 0.2) is 61.1 Å². The van der Waals surface area contributed by atoms with Gasteiger partial charge in [-0.05, 0) is 49.7 Å². The molecule has 134 valence electrons. The fraction of sp³-hybridized carbons (Fsp3) is 0.0952. The molecule has 4 N–H and O–H groups in total. The van der Waals surface area contributed by atoms with Crippen molar-refractivity contribution in [3.05, 3.63) is 72.2 Å². The summed E-state index contributed by atoms with van der Waals surface area (Å²) in [6.45, 7) is 4.12. The molecule has 0 aliphatic heterocycles. The highest BCUT2D eigenvalue weighted by atomic mass is 15.1. The monoisotopic (exact) mass is 356 g/mol. The fourth-order valence-electron chi connectivity index (χ4n) is 3.02. The first-order valence-corrected chi connectivity index (χ1v) is 8.67. The van der Waals surface area contributed by atoms with Crippen molar-refractivity contribution in [1.29, 1.82) is 0 Å². The Balaban J connectivity index is 1.67. The van der Waals surface area contributed by atoms with Crippen LogP contribution in [0.2, 0.25) is 0 Å². The van der Waals surface area contributed by atoms with Crippen LogP contribution in [0.3, 0.4) is 0 Å². The van der Waals surface area contributed by atoms with Crippen LogP contribution >= 0.6 is 0 Å². The summed E-state index contributed by atoms with van der Waals surface area (Å²) in [7, 11) is 0. The fourth-order valence-corrected chi connectivity index (χ4v) is 3.02. The van der Waals surface area contributed by atoms with E-state index < -0.39 is 0 Å². The van der Waals surface area contributed by atoms with Crippen molar-refractivity contribution in [2.75, 3.05) is 16.4 Å². The van der Waals surface area contributed by atoms with Crippen LogP contribution < -0.4 is 16.4 Å². The summed E-state index contributed by atoms with van der Waals surface area (Å²) in [6, 6.07) is 16.0. The Labute approximate surface area is 157 Å². The van der Waals surface area contributed by atoms with E-state index in [2.05, 4.69) is 51.6 Å². The third-order valence-electron chi connectivity index (χ3n) is 4.42. The SMILES string of the molecule is Cc1ccc(Nc2ncnc(Nc3cccc4ncccc34)c2N)c(C)c1. The van der Waals surface area contributed by atoms with Crippen molar-refractivity contribution in [2.24, 2.45) is 0 Å². The van der Waals surface area contributed by atoms with Crippen LogP contribution in [0.1, 0.15) is 11.1 Å². The molecule has 4 rings (SSSR count). The minimum Gasteiger partial charge on any atom is -0.393 e. The summed E-state index contributed by atoms with van der Waals surface area (Å²) in [5, 5.41) is 7.61. The zero-order chi connectivity index (χ0) is 18.8. The molecule has 6 nitrogen and oxygen atoms in total. The average molecular weight is 356 g/mol. The highest BCUT2D eigenvalue weighted by molar-refractivity contribution is 5.94. The van der Waals surface area contributed by atoms with E-state index in [1.165, 1.54) is 11.9 Å². The Morgan fingerprint density at radius 1 is 0.815 bits per heavy atom. The minimum absolute atomic E-state index is 0.457. The van der Waals surface area contributed by atoms with Gasteiger partial charge in [0.05, 0.1) is 5.52 Å². The van der Waals surface area contributed by atoms with Gasteiger partial charge in [-0.1, -0.05) is 23.8 Å². The van der Waals surface area contributed by atoms with Crippen molar-refractivity contribution < 1.29 is 0 Å². The smallest absolute Gasteiger partial charge is 0.159 e. The molecule has 0 unspecified atom stereocenters. The van der Waals surface area contributed by atoms with E-state index in [1.54, 1.807) is 6.20 Å². The molecule has 0 radical (unpaired) electrons. The Kier molecular flexibility index (Phi) is 4.30. The normalized spacial score (nSPS) is 10.7. The van der Waals surface area contributed by atoms with Gasteiger partial charge in [0.15, 0.2) is 11.6 Å². The highest BCUT2D eigenvalue weighted by Gasteiger charge is 2.11. The number of hydrogen-bond acceptors (Lipinski definition) is 6. The van der Waals surface area contributed by atoms with Gasteiger partial charge in [0.2, 0.25) is 0 Å². The van der Waals surface area contributed by atoms with Gasteiger partial charge in [-0.15, -0.1) is 0 Å². The number of fused-ring (bicyclic) bond motifs is 1. The zero-order valence-electron chi connectivity index (χ0n) is 15.2. The number of nitrogen functional groups attached to an aromatic ring is 1. The quantitative estimate of drug-likeness (QED) is 0.491. The van der Waals surface area contributed by atoms with Gasteiger partial charge in [0.25, 0.3) is 0 Å². The first kappa shape index (κ1) is 16.8. The summed E-state index contributed by atoms with van der Waals surface area (Å²) in [6.07, 6.45) is 3.27. The van der Waals surface area contributed by atoms with E-state index in [1.807, 2.05) is 36.4 Å². The van der Waals surface area contributed by atoms with Gasteiger partial charge in [0.1, 0.15) is 12.0 Å². The lowest BCUT2D eigenvalue weighted by Gasteiger charge is -2.15. The molecule has 4 aromatic rings. The van der Waals surface area contributed by atoms with Gasteiger partial charge in [0, 0.05) is 23.0 Å². The molecule has 0 bridgehead atoms. The molecule has 2 aromatic carbocycles. The molecule has 0 saturated heterocycles. The lowest BCUT2D eigenvalue weighted by molar-refractivity contribution is 1.17. The standard InChI is InChI=1S/C21H20N6/c1-13-8-9-16(14(2)11-13)26-20-19(22)21(25-12-24-20)27-18-7-3-6-17-15(18)5-4-10-23-17/h3-12H,22H2,1-2H3,(H2,24,25,26,27). The van der Waals surface area contributed by atoms with Crippen LogP contribution in [-0.4, -0.2) is 15.0 Å². The summed E-state index contributed by atoms with van der Waals surface area (Å²) in [4.78, 5) is 13.0. The molecule has 0 spiro atoms. The molecule has 27 heavy (non-hydrogen) atoms. The van der Waals surface area contributed by atoms with Crippen molar-refractivity contribution in [3.63, 3.8) is 0 Å². The van der Waals surface area contributed by atoms with Crippen molar-refractivity contribution in [3.8, 4) is 0 Å². The van der Waals surface area contributed by atoms with Gasteiger partial charge in [-0.25, -0.2) is 9.97 Å². The van der Waals surface area contributed by atoms with Crippen LogP contribution in [0, 0.1) is 13.8 Å². The maximum Gasteiger partial charge on any atom is 0.159 e. The van der Waals surface area contributed by atoms with Gasteiger partial charge < -0.3 is 16.4 Å². The van der Waals surface area contributed by atoms with Crippen molar-refractivity contribution >= 4 is 39.6 Å². The highest BCUT2D eigenvalue weighted by Crippen LogP contribution is 2.31. The lowest BCUT2D eigenvalue weighted by Crippen LogP contribution is -2.06. The minimum atomic E-state index is 0.457. The van der Waals surface area contributed by atoms with E-state index in [9.17, 15) is 0 Å². The Morgan fingerprint density at radius 3 is 2.37 bits per heavy atom. The molecular formula is C21H20N6. The van der Waals surface area contributed by atoms with Gasteiger partial charge in [-0.2, -0.15) is 0 Å². The number of aromatic nitrogens is 3. The number of hydrogen-bond donors (Lipinski definition) is 3. The molecule has 0 atom stereocenters. The maximum absolute atomic E-state index is 6.34. The van der Waals surface area contributed by atoms with Crippen LogP contribution in [-0.2, 0) is 0 Å². The van der Waals surface area contributed by atoms with Crippen LogP contribution in [0.5, 0.6) is 0 Å². The molecule has 0 amide bonds. The predicted molar refractivity (Wildman–Crippen MR) is 111 cm³/mol. The number of nitrogens with two attached hydrogens (primary N) is 1. The van der Waals surface area contributed by atoms with E-state index in [4.69, 9.17) is 5.73 Å². The molecule has 0 fully saturated rings. The van der Waals surface area contributed by atoms with Crippen molar-refractivity contribution in [1.82, 2.24) is 15.0 Å². The third-order valence-corrected chi connectivity index (χ3v) is 4.42. The topological polar surface area (TPSA) is 88.8 Å². The summed E-state index contributed by atoms with van der Waals surface area (Å²) in [5.41, 5.74) is 11.9. The average Bonchev–Trinajstić information content (AvgIpc) is 2.67. The number of anilines is 5. The second-order valence-corrected chi connectivity index (χ2v) is 6.43. The zero-order valence-corrected chi connectivity index (χ0v) is 15.2. The van der Waals surface area contributed by atoms with Crippen molar-refractivity contribution in [2.45, 2.75) is 13.8 Å². The lowest BCUT2D eigenvalue weighted by atomic mass is 10.1. The van der Waals surface area contributed by atoms with E-state index in [0.717, 1.165) is 27.8 Å².